The van der Waals surface area contributed by atoms with Crippen molar-refractivity contribution in [2.75, 3.05) is 0 Å². The minimum atomic E-state index is -0.0274. The zero-order valence-corrected chi connectivity index (χ0v) is 19.4. The van der Waals surface area contributed by atoms with Crippen LogP contribution < -0.4 is 5.62 Å². The lowest BCUT2D eigenvalue weighted by Gasteiger charge is -2.06. The molecule has 0 amide bonds. The van der Waals surface area contributed by atoms with Gasteiger partial charge in [0.1, 0.15) is 0 Å². The second kappa shape index (κ2) is 9.11. The van der Waals surface area contributed by atoms with E-state index < -0.39 is 0 Å². The van der Waals surface area contributed by atoms with Crippen LogP contribution in [0.25, 0.3) is 11.0 Å². The van der Waals surface area contributed by atoms with Crippen LogP contribution in [0.2, 0.25) is 5.02 Å². The van der Waals surface area contributed by atoms with E-state index in [-0.39, 0.29) is 29.3 Å². The molecule has 0 bridgehead atoms. The highest BCUT2D eigenvalue weighted by molar-refractivity contribution is 9.10. The molecule has 0 aliphatic carbocycles. The molecule has 1 N–H and O–H groups in total. The SMILES string of the molecule is Br.N=c1n(CC(=O)c2ccc(Br)cc2)c2ccccc2n1Cc1ccc(Cl)cc1. The summed E-state index contributed by atoms with van der Waals surface area (Å²) in [7, 11) is 0. The molecule has 4 aromatic rings. The van der Waals surface area contributed by atoms with Crippen molar-refractivity contribution in [2.24, 2.45) is 0 Å². The number of carbonyl (C=O) groups excluding carboxylic acids is 1. The molecule has 4 nitrogen and oxygen atoms in total. The second-order valence-electron chi connectivity index (χ2n) is 6.54. The minimum absolute atomic E-state index is 0. The minimum Gasteiger partial charge on any atom is -0.306 e. The number of para-hydroxylation sites is 2. The molecule has 0 aliphatic heterocycles. The van der Waals surface area contributed by atoms with Gasteiger partial charge in [0.25, 0.3) is 0 Å². The fourth-order valence-electron chi connectivity index (χ4n) is 3.26. The lowest BCUT2D eigenvalue weighted by Crippen LogP contribution is -2.27. The summed E-state index contributed by atoms with van der Waals surface area (Å²) < 4.78 is 4.60. The number of imidazole rings is 1. The fraction of sp³-hybridized carbons (Fsp3) is 0.0909. The van der Waals surface area contributed by atoms with Crippen molar-refractivity contribution in [3.63, 3.8) is 0 Å². The zero-order chi connectivity index (χ0) is 19.7. The molecule has 148 valence electrons. The smallest absolute Gasteiger partial charge is 0.203 e. The Labute approximate surface area is 192 Å². The molecule has 0 saturated heterocycles. The topological polar surface area (TPSA) is 50.8 Å². The van der Waals surface area contributed by atoms with Crippen molar-refractivity contribution >= 4 is 61.3 Å². The Bertz CT molecular complexity index is 1210. The summed E-state index contributed by atoms with van der Waals surface area (Å²) in [5.74, 6) is -0.0274. The maximum atomic E-state index is 12.8. The average molecular weight is 536 g/mol. The maximum Gasteiger partial charge on any atom is 0.203 e. The van der Waals surface area contributed by atoms with E-state index in [4.69, 9.17) is 17.0 Å². The van der Waals surface area contributed by atoms with Gasteiger partial charge in [0, 0.05) is 15.1 Å². The standard InChI is InChI=1S/C22H17BrClN3O.BrH/c23-17-9-7-16(8-10-17)21(28)14-27-20-4-2-1-3-19(20)26(22(27)25)13-15-5-11-18(24)12-6-15;/h1-12,25H,13-14H2;1H. The van der Waals surface area contributed by atoms with Gasteiger partial charge in [0.05, 0.1) is 24.1 Å². The Morgan fingerprint density at radius 1 is 0.897 bits per heavy atom. The first kappa shape index (κ1) is 21.6. The van der Waals surface area contributed by atoms with Gasteiger partial charge in [-0.15, -0.1) is 17.0 Å². The highest BCUT2D eigenvalue weighted by Gasteiger charge is 2.14. The molecular weight excluding hydrogens is 518 g/mol. The van der Waals surface area contributed by atoms with Crippen molar-refractivity contribution in [1.29, 1.82) is 5.41 Å². The third-order valence-corrected chi connectivity index (χ3v) is 5.48. The predicted octanol–water partition coefficient (Wildman–Crippen LogP) is 5.85. The summed E-state index contributed by atoms with van der Waals surface area (Å²) in [6.45, 7) is 0.657. The maximum absolute atomic E-state index is 12.8. The number of ketones is 1. The van der Waals surface area contributed by atoms with Gasteiger partial charge in [0.2, 0.25) is 5.62 Å². The van der Waals surface area contributed by atoms with Crippen molar-refractivity contribution in [1.82, 2.24) is 9.13 Å². The molecule has 0 fully saturated rings. The van der Waals surface area contributed by atoms with Crippen LogP contribution in [0.5, 0.6) is 0 Å². The monoisotopic (exact) mass is 533 g/mol. The van der Waals surface area contributed by atoms with Gasteiger partial charge in [-0.1, -0.05) is 63.9 Å². The predicted molar refractivity (Wildman–Crippen MR) is 125 cm³/mol. The Morgan fingerprint density at radius 2 is 1.48 bits per heavy atom. The number of nitrogens with zero attached hydrogens (tertiary/aromatic N) is 2. The number of nitrogens with one attached hydrogen (secondary N) is 1. The summed E-state index contributed by atoms with van der Waals surface area (Å²) >= 11 is 9.37. The van der Waals surface area contributed by atoms with E-state index in [0.717, 1.165) is 21.1 Å². The summed E-state index contributed by atoms with van der Waals surface area (Å²) in [5, 5.41) is 9.38. The number of hydrogen-bond acceptors (Lipinski definition) is 2. The molecule has 0 spiro atoms. The lowest BCUT2D eigenvalue weighted by atomic mass is 10.1. The number of halogens is 3. The highest BCUT2D eigenvalue weighted by Crippen LogP contribution is 2.17. The molecule has 0 aliphatic rings. The van der Waals surface area contributed by atoms with E-state index in [1.807, 2.05) is 65.2 Å². The van der Waals surface area contributed by atoms with Gasteiger partial charge in [-0.25, -0.2) is 0 Å². The number of benzene rings is 3. The normalized spacial score (nSPS) is 10.7. The molecule has 0 radical (unpaired) electrons. The van der Waals surface area contributed by atoms with E-state index in [1.54, 1.807) is 16.7 Å². The summed E-state index contributed by atoms with van der Waals surface area (Å²) in [4.78, 5) is 12.8. The number of hydrogen-bond donors (Lipinski definition) is 1. The molecule has 0 saturated carbocycles. The second-order valence-corrected chi connectivity index (χ2v) is 7.89. The van der Waals surface area contributed by atoms with Crippen LogP contribution in [0.1, 0.15) is 15.9 Å². The van der Waals surface area contributed by atoms with Gasteiger partial charge in [-0.3, -0.25) is 10.2 Å². The van der Waals surface area contributed by atoms with Crippen LogP contribution in [0, 0.1) is 5.41 Å². The van der Waals surface area contributed by atoms with Crippen LogP contribution in [0.3, 0.4) is 0 Å². The first-order chi connectivity index (χ1) is 13.5. The number of Topliss-reactive ketones (excluding diaryl/α,β-unsaturated/α-hetero) is 1. The molecular formula is C22H18Br2ClN3O. The highest BCUT2D eigenvalue weighted by atomic mass is 79.9. The van der Waals surface area contributed by atoms with E-state index in [1.165, 1.54) is 0 Å². The fourth-order valence-corrected chi connectivity index (χ4v) is 3.65. The van der Waals surface area contributed by atoms with Gasteiger partial charge in [0.15, 0.2) is 5.78 Å². The summed E-state index contributed by atoms with van der Waals surface area (Å²) in [6.07, 6.45) is 0. The van der Waals surface area contributed by atoms with Crippen LogP contribution in [0.4, 0.5) is 0 Å². The quantitative estimate of drug-likeness (QED) is 0.321. The molecule has 29 heavy (non-hydrogen) atoms. The first-order valence-electron chi connectivity index (χ1n) is 8.79. The van der Waals surface area contributed by atoms with Crippen LogP contribution in [0.15, 0.2) is 77.3 Å². The van der Waals surface area contributed by atoms with Gasteiger partial charge < -0.3 is 9.13 Å². The molecule has 1 heterocycles. The van der Waals surface area contributed by atoms with Crippen LogP contribution >= 0.6 is 44.5 Å². The first-order valence-corrected chi connectivity index (χ1v) is 9.96. The molecule has 3 aromatic carbocycles. The molecule has 7 heteroatoms. The van der Waals surface area contributed by atoms with Crippen molar-refractivity contribution in [2.45, 2.75) is 13.1 Å². The van der Waals surface area contributed by atoms with Crippen molar-refractivity contribution in [3.05, 3.63) is 99.0 Å². The third kappa shape index (κ3) is 4.55. The van der Waals surface area contributed by atoms with Gasteiger partial charge in [-0.05, 0) is 42.0 Å². The zero-order valence-electron chi connectivity index (χ0n) is 15.3. The Morgan fingerprint density at radius 3 is 2.10 bits per heavy atom. The molecule has 4 rings (SSSR count). The Kier molecular flexibility index (Phi) is 6.77. The van der Waals surface area contributed by atoms with Crippen LogP contribution in [-0.2, 0) is 13.1 Å². The van der Waals surface area contributed by atoms with Gasteiger partial charge in [-0.2, -0.15) is 0 Å². The molecule has 0 unspecified atom stereocenters. The van der Waals surface area contributed by atoms with Crippen LogP contribution in [-0.4, -0.2) is 14.9 Å². The Balaban J connectivity index is 0.00000240. The number of aromatic nitrogens is 2. The van der Waals surface area contributed by atoms with Gasteiger partial charge >= 0.3 is 0 Å². The van der Waals surface area contributed by atoms with E-state index in [2.05, 4.69) is 15.9 Å². The number of fused-ring (bicyclic) bond motifs is 1. The number of carbonyl (C=O) groups is 1. The van der Waals surface area contributed by atoms with Crippen molar-refractivity contribution < 1.29 is 4.79 Å². The summed E-state index contributed by atoms with van der Waals surface area (Å²) in [5.41, 5.74) is 3.76. The largest absolute Gasteiger partial charge is 0.306 e. The number of rotatable bonds is 5. The van der Waals surface area contributed by atoms with E-state index in [9.17, 15) is 4.79 Å². The lowest BCUT2D eigenvalue weighted by molar-refractivity contribution is 0.0971. The van der Waals surface area contributed by atoms with E-state index in [0.29, 0.717) is 22.7 Å². The van der Waals surface area contributed by atoms with Crippen molar-refractivity contribution in [3.8, 4) is 0 Å². The third-order valence-electron chi connectivity index (χ3n) is 4.70. The molecule has 0 atom stereocenters. The average Bonchev–Trinajstić information content (AvgIpc) is 2.96. The Hall–Kier alpha value is -2.15. The van der Waals surface area contributed by atoms with E-state index >= 15 is 0 Å². The summed E-state index contributed by atoms with van der Waals surface area (Å²) in [6, 6.07) is 22.7. The molecule has 1 aromatic heterocycles.